The van der Waals surface area contributed by atoms with E-state index in [9.17, 15) is 14.4 Å². The summed E-state index contributed by atoms with van der Waals surface area (Å²) in [4.78, 5) is 40.9. The largest absolute Gasteiger partial charge is 0.495 e. The molecule has 2 N–H and O–H groups in total. The van der Waals surface area contributed by atoms with Gasteiger partial charge in [-0.05, 0) is 60.2 Å². The van der Waals surface area contributed by atoms with Crippen LogP contribution in [0.1, 0.15) is 33.3 Å². The molecule has 0 saturated carbocycles. The number of nitrogens with zero attached hydrogens (tertiary/aromatic N) is 1. The van der Waals surface area contributed by atoms with Gasteiger partial charge in [-0.1, -0.05) is 45.7 Å². The lowest BCUT2D eigenvalue weighted by Gasteiger charge is -2.12. The monoisotopic (exact) mass is 719 g/mol. The molecule has 1 heterocycles. The second kappa shape index (κ2) is 14.4. The van der Waals surface area contributed by atoms with Crippen LogP contribution in [-0.4, -0.2) is 50.4 Å². The molecule has 4 aromatic carbocycles. The molecule has 0 aliphatic carbocycles. The highest BCUT2D eigenvalue weighted by Gasteiger charge is 2.24. The molecule has 5 rings (SSSR count). The third-order valence-corrected chi connectivity index (χ3v) is 7.87. The average Bonchev–Trinajstić information content (AvgIpc) is 3.47. The van der Waals surface area contributed by atoms with E-state index < -0.39 is 17.8 Å². The van der Waals surface area contributed by atoms with Gasteiger partial charge < -0.3 is 28.7 Å². The van der Waals surface area contributed by atoms with Gasteiger partial charge in [0, 0.05) is 32.9 Å². The van der Waals surface area contributed by atoms with Crippen molar-refractivity contribution in [2.75, 3.05) is 21.3 Å². The normalized spacial score (nSPS) is 10.9. The van der Waals surface area contributed by atoms with Gasteiger partial charge in [-0.2, -0.15) is 5.10 Å². The van der Waals surface area contributed by atoms with Gasteiger partial charge in [-0.25, -0.2) is 10.2 Å². The molecule has 0 unspecified atom stereocenters. The van der Waals surface area contributed by atoms with Crippen molar-refractivity contribution in [3.8, 4) is 39.9 Å². The fourth-order valence-electron chi connectivity index (χ4n) is 4.78. The lowest BCUT2D eigenvalue weighted by molar-refractivity contribution is -0.132. The molecule has 0 saturated heterocycles. The predicted octanol–water partition coefficient (Wildman–Crippen LogP) is 7.19. The average molecular weight is 721 g/mol. The zero-order chi connectivity index (χ0) is 33.7. The summed E-state index contributed by atoms with van der Waals surface area (Å²) in [6, 6.07) is 19.9. The van der Waals surface area contributed by atoms with Gasteiger partial charge in [0.15, 0.2) is 23.0 Å². The van der Waals surface area contributed by atoms with E-state index in [1.807, 2.05) is 24.3 Å². The van der Waals surface area contributed by atoms with E-state index in [4.69, 9.17) is 35.3 Å². The van der Waals surface area contributed by atoms with Gasteiger partial charge in [-0.15, -0.1) is 0 Å². The highest BCUT2D eigenvalue weighted by molar-refractivity contribution is 9.10. The second-order valence-corrected chi connectivity index (χ2v) is 11.1. The van der Waals surface area contributed by atoms with E-state index in [0.717, 1.165) is 9.86 Å². The minimum atomic E-state index is -0.694. The van der Waals surface area contributed by atoms with Crippen LogP contribution in [0.3, 0.4) is 0 Å². The number of amides is 1. The molecular weight excluding hydrogens is 694 g/mol. The van der Waals surface area contributed by atoms with Crippen LogP contribution >= 0.6 is 27.5 Å². The number of hydrazone groups is 1. The number of halogens is 2. The number of carbonyl (C=O) groups is 3. The molecule has 1 amide bonds. The Balaban J connectivity index is 1.37. The molecule has 0 fully saturated rings. The van der Waals surface area contributed by atoms with Crippen molar-refractivity contribution in [3.05, 3.63) is 99.1 Å². The third-order valence-electron chi connectivity index (χ3n) is 6.88. The molecule has 47 heavy (non-hydrogen) atoms. The van der Waals surface area contributed by atoms with Gasteiger partial charge in [0.2, 0.25) is 0 Å². The smallest absolute Gasteiger partial charge is 0.343 e. The summed E-state index contributed by atoms with van der Waals surface area (Å²) >= 11 is 10.2. The Labute approximate surface area is 282 Å². The summed E-state index contributed by atoms with van der Waals surface area (Å²) in [7, 11) is 4.35. The number of ether oxygens (including phenoxy) is 5. The molecule has 0 aliphatic rings. The zero-order valence-electron chi connectivity index (χ0n) is 25.5. The van der Waals surface area contributed by atoms with Gasteiger partial charge in [0.1, 0.15) is 11.4 Å². The van der Waals surface area contributed by atoms with Crippen LogP contribution in [0.15, 0.2) is 82.4 Å². The zero-order valence-corrected chi connectivity index (χ0v) is 27.8. The van der Waals surface area contributed by atoms with Crippen LogP contribution in [-0.2, 0) is 4.79 Å². The molecule has 1 aromatic heterocycles. The summed E-state index contributed by atoms with van der Waals surface area (Å²) in [5.41, 5.74) is 5.33. The van der Waals surface area contributed by atoms with Crippen molar-refractivity contribution < 1.29 is 38.1 Å². The number of nitrogens with one attached hydrogen (secondary N) is 2. The highest BCUT2D eigenvalue weighted by Crippen LogP contribution is 2.43. The van der Waals surface area contributed by atoms with Crippen LogP contribution in [0.25, 0.3) is 22.0 Å². The van der Waals surface area contributed by atoms with E-state index in [-0.39, 0.29) is 34.3 Å². The Morgan fingerprint density at radius 3 is 2.19 bits per heavy atom. The minimum absolute atomic E-state index is 0.142. The van der Waals surface area contributed by atoms with E-state index in [0.29, 0.717) is 33.0 Å². The Morgan fingerprint density at radius 1 is 0.830 bits per heavy atom. The second-order valence-electron chi connectivity index (χ2n) is 9.81. The Hall–Kier alpha value is -5.33. The van der Waals surface area contributed by atoms with E-state index in [1.54, 1.807) is 31.4 Å². The van der Waals surface area contributed by atoms with Crippen molar-refractivity contribution in [2.24, 2.45) is 5.10 Å². The molecule has 240 valence electrons. The highest BCUT2D eigenvalue weighted by atomic mass is 79.9. The summed E-state index contributed by atoms with van der Waals surface area (Å²) in [5.74, 6) is -0.454. The molecule has 0 atom stereocenters. The Kier molecular flexibility index (Phi) is 10.1. The third kappa shape index (κ3) is 7.08. The first-order valence-electron chi connectivity index (χ1n) is 13.9. The topological polar surface area (TPSA) is 138 Å². The lowest BCUT2D eigenvalue weighted by Crippen LogP contribution is -2.19. The van der Waals surface area contributed by atoms with Crippen LogP contribution < -0.4 is 29.1 Å². The first-order valence-corrected chi connectivity index (χ1v) is 15.0. The van der Waals surface area contributed by atoms with Gasteiger partial charge in [0.05, 0.1) is 38.6 Å². The maximum Gasteiger partial charge on any atom is 0.343 e. The molecular formula is C34H27BrClN3O8. The summed E-state index contributed by atoms with van der Waals surface area (Å²) < 4.78 is 27.6. The number of methoxy groups -OCH3 is 3. The minimum Gasteiger partial charge on any atom is -0.495 e. The number of rotatable bonds is 10. The van der Waals surface area contributed by atoms with Crippen LogP contribution in [0.5, 0.6) is 28.7 Å². The molecule has 11 nitrogen and oxygen atoms in total. The van der Waals surface area contributed by atoms with Crippen LogP contribution in [0.4, 0.5) is 0 Å². The Bertz CT molecular complexity index is 2040. The molecule has 0 radical (unpaired) electrons. The lowest BCUT2D eigenvalue weighted by atomic mass is 10.0. The van der Waals surface area contributed by atoms with E-state index in [1.165, 1.54) is 51.6 Å². The molecule has 0 bridgehead atoms. The van der Waals surface area contributed by atoms with Crippen molar-refractivity contribution in [3.63, 3.8) is 0 Å². The molecule has 5 aromatic rings. The number of benzene rings is 4. The molecule has 13 heteroatoms. The molecule has 0 aliphatic heterocycles. The first-order chi connectivity index (χ1) is 22.6. The van der Waals surface area contributed by atoms with E-state index in [2.05, 4.69) is 31.4 Å². The van der Waals surface area contributed by atoms with Crippen molar-refractivity contribution >= 4 is 62.5 Å². The van der Waals surface area contributed by atoms with Gasteiger partial charge in [0.25, 0.3) is 5.91 Å². The number of fused-ring (bicyclic) bond motifs is 1. The fourth-order valence-corrected chi connectivity index (χ4v) is 5.53. The number of hydrogen-bond donors (Lipinski definition) is 2. The van der Waals surface area contributed by atoms with Gasteiger partial charge >= 0.3 is 11.9 Å². The van der Waals surface area contributed by atoms with Crippen LogP contribution in [0.2, 0.25) is 5.02 Å². The molecule has 0 spiro atoms. The predicted molar refractivity (Wildman–Crippen MR) is 180 cm³/mol. The standard InChI is InChI=1S/C34H27BrClN3O8/c1-18(40)46-24-13-10-20(16-28(24)45-4)34(42)47-25-12-9-19(15-27(25)44-3)17-37-39-33(41)32-29(21-7-5-6-8-23(21)36)30-22(35)11-14-26(43-2)31(30)38-32/h5-17,38H,1-4H3,(H,39,41). The van der Waals surface area contributed by atoms with Crippen LogP contribution in [0, 0.1) is 0 Å². The number of esters is 2. The number of aromatic amines is 1. The first kappa shape index (κ1) is 33.0. The maximum atomic E-state index is 13.5. The number of hydrogen-bond acceptors (Lipinski definition) is 9. The number of carbonyl (C=O) groups excluding carboxylic acids is 3. The summed E-state index contributed by atoms with van der Waals surface area (Å²) in [5, 5.41) is 5.33. The number of aromatic nitrogens is 1. The quantitative estimate of drug-likeness (QED) is 0.0670. The van der Waals surface area contributed by atoms with Crippen molar-refractivity contribution in [1.29, 1.82) is 0 Å². The Morgan fingerprint density at radius 2 is 1.49 bits per heavy atom. The number of H-pyrrole nitrogens is 1. The fraction of sp³-hybridized carbons (Fsp3) is 0.118. The SMILES string of the molecule is COc1cc(C(=O)Oc2ccc(C=NNC(=O)c3[nH]c4c(OC)ccc(Br)c4c3-c3ccccc3Cl)cc2OC)ccc1OC(C)=O. The maximum absolute atomic E-state index is 13.5. The summed E-state index contributed by atoms with van der Waals surface area (Å²) in [6.45, 7) is 1.26. The van der Waals surface area contributed by atoms with Gasteiger partial charge in [-0.3, -0.25) is 9.59 Å². The van der Waals surface area contributed by atoms with Crippen molar-refractivity contribution in [2.45, 2.75) is 6.92 Å². The van der Waals surface area contributed by atoms with E-state index >= 15 is 0 Å². The van der Waals surface area contributed by atoms with Crippen molar-refractivity contribution in [1.82, 2.24) is 10.4 Å². The summed E-state index contributed by atoms with van der Waals surface area (Å²) in [6.07, 6.45) is 1.42.